The predicted molar refractivity (Wildman–Crippen MR) is 95.0 cm³/mol. The average Bonchev–Trinajstić information content (AvgIpc) is 2.95. The van der Waals surface area contributed by atoms with Crippen LogP contribution < -0.4 is 0 Å². The number of piperazine rings is 1. The maximum absolute atomic E-state index is 12.7. The lowest BCUT2D eigenvalue weighted by Crippen LogP contribution is -2.53. The van der Waals surface area contributed by atoms with Crippen LogP contribution in [0.1, 0.15) is 52.5 Å². The Morgan fingerprint density at radius 3 is 2.42 bits per heavy atom. The molecule has 0 radical (unpaired) electrons. The zero-order valence-electron chi connectivity index (χ0n) is 14.6. The van der Waals surface area contributed by atoms with E-state index in [4.69, 9.17) is 0 Å². The number of carbonyl (C=O) groups excluding carboxylic acids is 1. The number of aryl methyl sites for hydroxylation is 2. The molecule has 6 heteroatoms. The lowest BCUT2D eigenvalue weighted by atomic mass is 9.83. The molecule has 0 spiro atoms. The largest absolute Gasteiger partial charge is 0.335 e. The molecule has 1 saturated carbocycles. The first-order chi connectivity index (χ1) is 11.6. The maximum Gasteiger partial charge on any atom is 0.265 e. The van der Waals surface area contributed by atoms with Gasteiger partial charge < -0.3 is 4.90 Å². The predicted octanol–water partition coefficient (Wildman–Crippen LogP) is 2.99. The van der Waals surface area contributed by atoms with E-state index in [0.29, 0.717) is 19.0 Å². The fourth-order valence-electron chi connectivity index (χ4n) is 4.01. The van der Waals surface area contributed by atoms with Crippen LogP contribution in [0.15, 0.2) is 0 Å². The molecule has 1 amide bonds. The van der Waals surface area contributed by atoms with Gasteiger partial charge in [0, 0.05) is 26.2 Å². The van der Waals surface area contributed by atoms with Crippen molar-refractivity contribution in [1.82, 2.24) is 14.8 Å². The highest BCUT2D eigenvalue weighted by Gasteiger charge is 2.32. The van der Waals surface area contributed by atoms with Gasteiger partial charge in [0.1, 0.15) is 10.9 Å². The van der Waals surface area contributed by atoms with Gasteiger partial charge in [-0.3, -0.25) is 9.69 Å². The van der Waals surface area contributed by atoms with Gasteiger partial charge in [0.05, 0.1) is 16.8 Å². The SMILES string of the molecule is Cc1nc(C)c(C(=O)N2CCN([C@H](C#N)C3CCCCC3)CC2)s1. The van der Waals surface area contributed by atoms with Crippen LogP contribution in [0.2, 0.25) is 0 Å². The van der Waals surface area contributed by atoms with Gasteiger partial charge in [-0.25, -0.2) is 4.98 Å². The van der Waals surface area contributed by atoms with Crippen molar-refractivity contribution in [3.8, 4) is 6.07 Å². The van der Waals surface area contributed by atoms with Gasteiger partial charge in [-0.2, -0.15) is 5.26 Å². The average molecular weight is 347 g/mol. The van der Waals surface area contributed by atoms with Crippen molar-refractivity contribution < 1.29 is 4.79 Å². The van der Waals surface area contributed by atoms with E-state index in [1.165, 1.54) is 43.4 Å². The Balaban J connectivity index is 1.59. The molecule has 0 bridgehead atoms. The minimum Gasteiger partial charge on any atom is -0.335 e. The van der Waals surface area contributed by atoms with E-state index in [9.17, 15) is 10.1 Å². The summed E-state index contributed by atoms with van der Waals surface area (Å²) in [6.45, 7) is 6.87. The second kappa shape index (κ2) is 7.62. The van der Waals surface area contributed by atoms with E-state index in [1.54, 1.807) is 0 Å². The summed E-state index contributed by atoms with van der Waals surface area (Å²) in [5, 5.41) is 10.6. The van der Waals surface area contributed by atoms with E-state index < -0.39 is 0 Å². The normalized spacial score (nSPS) is 21.5. The number of aromatic nitrogens is 1. The minimum absolute atomic E-state index is 0.0231. The van der Waals surface area contributed by atoms with Crippen LogP contribution in [0, 0.1) is 31.1 Å². The molecule has 5 nitrogen and oxygen atoms in total. The van der Waals surface area contributed by atoms with Gasteiger partial charge in [0.25, 0.3) is 5.91 Å². The summed E-state index contributed by atoms with van der Waals surface area (Å²) < 4.78 is 0. The first kappa shape index (κ1) is 17.4. The van der Waals surface area contributed by atoms with Gasteiger partial charge in [-0.05, 0) is 32.6 Å². The van der Waals surface area contributed by atoms with Crippen LogP contribution in [0.4, 0.5) is 0 Å². The van der Waals surface area contributed by atoms with Crippen molar-refractivity contribution >= 4 is 17.2 Å². The molecule has 1 saturated heterocycles. The fraction of sp³-hybridized carbons (Fsp3) is 0.722. The Kier molecular flexibility index (Phi) is 5.52. The fourth-order valence-corrected chi connectivity index (χ4v) is 4.90. The van der Waals surface area contributed by atoms with Crippen molar-refractivity contribution in [2.45, 2.75) is 52.0 Å². The Labute approximate surface area is 148 Å². The Morgan fingerprint density at radius 1 is 1.21 bits per heavy atom. The van der Waals surface area contributed by atoms with Gasteiger partial charge in [0.15, 0.2) is 0 Å². The summed E-state index contributed by atoms with van der Waals surface area (Å²) in [4.78, 5) is 22.0. The number of amides is 1. The summed E-state index contributed by atoms with van der Waals surface area (Å²) >= 11 is 1.48. The van der Waals surface area contributed by atoms with Crippen LogP contribution >= 0.6 is 11.3 Å². The first-order valence-corrected chi connectivity index (χ1v) is 9.78. The summed E-state index contributed by atoms with van der Waals surface area (Å²) in [5.41, 5.74) is 0.835. The Morgan fingerprint density at radius 2 is 1.88 bits per heavy atom. The molecule has 2 fully saturated rings. The zero-order valence-corrected chi connectivity index (χ0v) is 15.4. The molecular formula is C18H26N4OS. The second-order valence-electron chi connectivity index (χ2n) is 6.95. The molecule has 0 aromatic carbocycles. The number of rotatable bonds is 3. The molecule has 2 aliphatic rings. The topological polar surface area (TPSA) is 60.2 Å². The van der Waals surface area contributed by atoms with Crippen LogP contribution in [-0.4, -0.2) is 52.9 Å². The highest BCUT2D eigenvalue weighted by Crippen LogP contribution is 2.29. The number of hydrogen-bond acceptors (Lipinski definition) is 5. The number of carbonyl (C=O) groups is 1. The van der Waals surface area contributed by atoms with Crippen molar-refractivity contribution in [1.29, 1.82) is 5.26 Å². The second-order valence-corrected chi connectivity index (χ2v) is 8.15. The molecule has 1 aliphatic heterocycles. The number of nitrogens with zero attached hydrogens (tertiary/aromatic N) is 4. The van der Waals surface area contributed by atoms with Gasteiger partial charge >= 0.3 is 0 Å². The highest BCUT2D eigenvalue weighted by atomic mass is 32.1. The van der Waals surface area contributed by atoms with Crippen molar-refractivity contribution in [3.63, 3.8) is 0 Å². The van der Waals surface area contributed by atoms with Gasteiger partial charge in [0.2, 0.25) is 0 Å². The molecule has 1 aromatic heterocycles. The van der Waals surface area contributed by atoms with E-state index in [-0.39, 0.29) is 11.9 Å². The van der Waals surface area contributed by atoms with Crippen LogP contribution in [0.25, 0.3) is 0 Å². The molecule has 0 unspecified atom stereocenters. The molecule has 24 heavy (non-hydrogen) atoms. The summed E-state index contributed by atoms with van der Waals surface area (Å²) in [5.74, 6) is 0.612. The van der Waals surface area contributed by atoms with Gasteiger partial charge in [-0.15, -0.1) is 11.3 Å². The third-order valence-electron chi connectivity index (χ3n) is 5.32. The quantitative estimate of drug-likeness (QED) is 0.844. The van der Waals surface area contributed by atoms with Crippen LogP contribution in [0.5, 0.6) is 0 Å². The zero-order chi connectivity index (χ0) is 17.1. The number of hydrogen-bond donors (Lipinski definition) is 0. The Bertz CT molecular complexity index is 621. The van der Waals surface area contributed by atoms with E-state index in [1.807, 2.05) is 18.7 Å². The van der Waals surface area contributed by atoms with E-state index in [0.717, 1.165) is 28.7 Å². The minimum atomic E-state index is 0.0231. The summed E-state index contributed by atoms with van der Waals surface area (Å²) in [6, 6.07) is 2.57. The highest BCUT2D eigenvalue weighted by molar-refractivity contribution is 7.13. The van der Waals surface area contributed by atoms with Crippen molar-refractivity contribution in [2.75, 3.05) is 26.2 Å². The molecule has 1 aliphatic carbocycles. The first-order valence-electron chi connectivity index (χ1n) is 8.97. The van der Waals surface area contributed by atoms with Crippen molar-refractivity contribution in [3.05, 3.63) is 15.6 Å². The molecule has 2 heterocycles. The maximum atomic E-state index is 12.7. The third-order valence-corrected chi connectivity index (χ3v) is 6.38. The lowest BCUT2D eigenvalue weighted by molar-refractivity contribution is 0.0542. The third kappa shape index (κ3) is 3.62. The molecule has 130 valence electrons. The molecule has 1 aromatic rings. The Hall–Kier alpha value is -1.45. The van der Waals surface area contributed by atoms with Gasteiger partial charge in [-0.1, -0.05) is 19.3 Å². The molecule has 0 N–H and O–H groups in total. The molecular weight excluding hydrogens is 320 g/mol. The van der Waals surface area contributed by atoms with E-state index in [2.05, 4.69) is 16.0 Å². The van der Waals surface area contributed by atoms with Crippen molar-refractivity contribution in [2.24, 2.45) is 5.92 Å². The number of nitriles is 1. The summed E-state index contributed by atoms with van der Waals surface area (Å²) in [6.07, 6.45) is 6.18. The van der Waals surface area contributed by atoms with E-state index >= 15 is 0 Å². The monoisotopic (exact) mass is 346 g/mol. The lowest BCUT2D eigenvalue weighted by Gasteiger charge is -2.40. The summed E-state index contributed by atoms with van der Waals surface area (Å²) in [7, 11) is 0. The standard InChI is InChI=1S/C18H26N4OS/c1-13-17(24-14(2)20-13)18(23)22-10-8-21(9-11-22)16(12-19)15-6-4-3-5-7-15/h15-16H,3-11H2,1-2H3/t16-/m1/s1. The molecule has 3 rings (SSSR count). The smallest absolute Gasteiger partial charge is 0.265 e. The van der Waals surface area contributed by atoms with Crippen LogP contribution in [-0.2, 0) is 0 Å². The van der Waals surface area contributed by atoms with Crippen LogP contribution in [0.3, 0.4) is 0 Å². The molecule has 1 atom stereocenters. The number of thiazole rings is 1.